The molecule has 2 aromatic heterocycles. The number of nitrogens with zero attached hydrogens (tertiary/aromatic N) is 4. The summed E-state index contributed by atoms with van der Waals surface area (Å²) in [5.74, 6) is 0.263. The number of aliphatic imine (C=N–C) groups is 1. The van der Waals surface area contributed by atoms with Gasteiger partial charge in [0.1, 0.15) is 0 Å². The first-order valence-electron chi connectivity index (χ1n) is 10.6. The normalized spacial score (nSPS) is 13.5. The number of anilines is 1. The molecule has 0 spiro atoms. The Hall–Kier alpha value is -3.48. The number of amides is 1. The Morgan fingerprint density at radius 2 is 1.97 bits per heavy atom. The lowest BCUT2D eigenvalue weighted by Crippen LogP contribution is -2.37. The molecule has 1 N–H and O–H groups in total. The maximum Gasteiger partial charge on any atom is 0.290 e. The molecule has 4 rings (SSSR count). The van der Waals surface area contributed by atoms with Crippen LogP contribution in [0.25, 0.3) is 22.0 Å². The van der Waals surface area contributed by atoms with Crippen molar-refractivity contribution in [2.24, 2.45) is 12.0 Å². The highest BCUT2D eigenvalue weighted by atomic mass is 16.2. The zero-order valence-electron chi connectivity index (χ0n) is 18.4. The van der Waals surface area contributed by atoms with Gasteiger partial charge < -0.3 is 14.8 Å². The topological polar surface area (TPSA) is 79.6 Å². The van der Waals surface area contributed by atoms with E-state index in [0.717, 1.165) is 47.2 Å². The van der Waals surface area contributed by atoms with Crippen LogP contribution >= 0.6 is 0 Å². The van der Waals surface area contributed by atoms with Crippen LogP contribution in [0.2, 0.25) is 0 Å². The second-order valence-electron chi connectivity index (χ2n) is 7.98. The van der Waals surface area contributed by atoms with Gasteiger partial charge in [0.25, 0.3) is 11.5 Å². The van der Waals surface area contributed by atoms with Crippen molar-refractivity contribution in [3.8, 4) is 11.1 Å². The standard InChI is InChI=1S/C24H27N5O2/c1-5-9-29-10-8-25-22(29)23(30)27-18-7-6-15(2)19(13-18)20-12-17-14-26-16(3)11-21(17)28(4)24(20)31/h6-7,11-14H,5,8-10H2,1-4H3,(H,27,30). The summed E-state index contributed by atoms with van der Waals surface area (Å²) in [4.78, 5) is 36.7. The predicted molar refractivity (Wildman–Crippen MR) is 125 cm³/mol. The first kappa shape index (κ1) is 20.8. The molecule has 0 unspecified atom stereocenters. The number of nitrogens with one attached hydrogen (secondary N) is 1. The van der Waals surface area contributed by atoms with Crippen LogP contribution < -0.4 is 10.9 Å². The molecule has 0 fully saturated rings. The van der Waals surface area contributed by atoms with Crippen molar-refractivity contribution in [1.82, 2.24) is 14.5 Å². The van der Waals surface area contributed by atoms with Crippen molar-refractivity contribution in [2.45, 2.75) is 27.2 Å². The second-order valence-corrected chi connectivity index (χ2v) is 7.98. The Labute approximate surface area is 181 Å². The summed E-state index contributed by atoms with van der Waals surface area (Å²) >= 11 is 0. The molecule has 1 aliphatic rings. The number of hydrogen-bond donors (Lipinski definition) is 1. The number of hydrogen-bond acceptors (Lipinski definition) is 5. The minimum atomic E-state index is -0.216. The molecule has 0 saturated heterocycles. The molecule has 160 valence electrons. The van der Waals surface area contributed by atoms with Gasteiger partial charge >= 0.3 is 0 Å². The van der Waals surface area contributed by atoms with Crippen LogP contribution in [-0.2, 0) is 11.8 Å². The SMILES string of the molecule is CCCN1CCN=C1C(=O)Nc1ccc(C)c(-c2cc3cnc(C)cc3n(C)c2=O)c1. The molecule has 0 atom stereocenters. The fraction of sp³-hybridized carbons (Fsp3) is 0.333. The zero-order chi connectivity index (χ0) is 22.1. The molecule has 3 heterocycles. The summed E-state index contributed by atoms with van der Waals surface area (Å²) in [5, 5.41) is 3.85. The summed E-state index contributed by atoms with van der Waals surface area (Å²) in [6.45, 7) is 8.18. The average Bonchev–Trinajstić information content (AvgIpc) is 3.21. The van der Waals surface area contributed by atoms with Crippen LogP contribution in [0.15, 0.2) is 46.3 Å². The number of benzene rings is 1. The number of pyridine rings is 2. The summed E-state index contributed by atoms with van der Waals surface area (Å²) < 4.78 is 1.65. The first-order chi connectivity index (χ1) is 14.9. The van der Waals surface area contributed by atoms with Crippen LogP contribution in [-0.4, -0.2) is 45.8 Å². The Morgan fingerprint density at radius 1 is 1.16 bits per heavy atom. The van der Waals surface area contributed by atoms with Crippen molar-refractivity contribution in [3.63, 3.8) is 0 Å². The molecule has 0 bridgehead atoms. The molecule has 1 aliphatic heterocycles. The molecule has 7 heteroatoms. The number of carbonyl (C=O) groups is 1. The van der Waals surface area contributed by atoms with Gasteiger partial charge in [0.2, 0.25) is 0 Å². The molecule has 0 aliphatic carbocycles. The smallest absolute Gasteiger partial charge is 0.290 e. The first-order valence-corrected chi connectivity index (χ1v) is 10.6. The van der Waals surface area contributed by atoms with E-state index in [1.807, 2.05) is 49.1 Å². The molecule has 0 radical (unpaired) electrons. The van der Waals surface area contributed by atoms with E-state index in [2.05, 4.69) is 22.2 Å². The van der Waals surface area contributed by atoms with Crippen molar-refractivity contribution < 1.29 is 4.79 Å². The van der Waals surface area contributed by atoms with Gasteiger partial charge in [0, 0.05) is 48.7 Å². The lowest BCUT2D eigenvalue weighted by molar-refractivity contribution is -0.110. The van der Waals surface area contributed by atoms with Crippen LogP contribution in [0.4, 0.5) is 5.69 Å². The Balaban J connectivity index is 1.71. The third-order valence-corrected chi connectivity index (χ3v) is 5.66. The third kappa shape index (κ3) is 3.95. The summed E-state index contributed by atoms with van der Waals surface area (Å²) in [5.41, 5.74) is 4.60. The highest BCUT2D eigenvalue weighted by Crippen LogP contribution is 2.27. The van der Waals surface area contributed by atoms with Crippen LogP contribution in [0.1, 0.15) is 24.6 Å². The lowest BCUT2D eigenvalue weighted by Gasteiger charge is -2.19. The molecule has 1 aromatic carbocycles. The molecule has 3 aromatic rings. The van der Waals surface area contributed by atoms with Gasteiger partial charge in [-0.1, -0.05) is 13.0 Å². The molecule has 1 amide bonds. The van der Waals surface area contributed by atoms with Gasteiger partial charge in [0.05, 0.1) is 12.1 Å². The fourth-order valence-corrected chi connectivity index (χ4v) is 4.02. The maximum atomic E-state index is 13.1. The number of amidine groups is 1. The van der Waals surface area contributed by atoms with E-state index in [0.29, 0.717) is 23.6 Å². The highest BCUT2D eigenvalue weighted by molar-refractivity contribution is 6.42. The van der Waals surface area contributed by atoms with Gasteiger partial charge in [0.15, 0.2) is 5.84 Å². The molecule has 7 nitrogen and oxygen atoms in total. The van der Waals surface area contributed by atoms with Gasteiger partial charge in [-0.05, 0) is 55.7 Å². The third-order valence-electron chi connectivity index (χ3n) is 5.66. The highest BCUT2D eigenvalue weighted by Gasteiger charge is 2.23. The zero-order valence-corrected chi connectivity index (χ0v) is 18.4. The van der Waals surface area contributed by atoms with Crippen molar-refractivity contribution in [1.29, 1.82) is 0 Å². The number of aryl methyl sites for hydroxylation is 3. The van der Waals surface area contributed by atoms with E-state index >= 15 is 0 Å². The van der Waals surface area contributed by atoms with E-state index in [9.17, 15) is 9.59 Å². The van der Waals surface area contributed by atoms with Crippen LogP contribution in [0.5, 0.6) is 0 Å². The minimum Gasteiger partial charge on any atom is -0.350 e. The van der Waals surface area contributed by atoms with E-state index in [1.165, 1.54) is 0 Å². The number of rotatable bonds is 5. The van der Waals surface area contributed by atoms with Gasteiger partial charge in [-0.3, -0.25) is 19.6 Å². The minimum absolute atomic E-state index is 0.0843. The van der Waals surface area contributed by atoms with Gasteiger partial charge in [-0.25, -0.2) is 0 Å². The monoisotopic (exact) mass is 417 g/mol. The Kier molecular flexibility index (Phi) is 5.59. The lowest BCUT2D eigenvalue weighted by atomic mass is 9.99. The van der Waals surface area contributed by atoms with Gasteiger partial charge in [-0.2, -0.15) is 0 Å². The number of carbonyl (C=O) groups excluding carboxylic acids is 1. The Morgan fingerprint density at radius 3 is 2.74 bits per heavy atom. The number of fused-ring (bicyclic) bond motifs is 1. The summed E-state index contributed by atoms with van der Waals surface area (Å²) in [7, 11) is 1.77. The fourth-order valence-electron chi connectivity index (χ4n) is 4.02. The molecular formula is C24H27N5O2. The molecule has 31 heavy (non-hydrogen) atoms. The number of aromatic nitrogens is 2. The van der Waals surface area contributed by atoms with Gasteiger partial charge in [-0.15, -0.1) is 0 Å². The van der Waals surface area contributed by atoms with Crippen LogP contribution in [0, 0.1) is 13.8 Å². The quantitative estimate of drug-likeness (QED) is 0.691. The summed E-state index contributed by atoms with van der Waals surface area (Å²) in [6.07, 6.45) is 2.75. The predicted octanol–water partition coefficient (Wildman–Crippen LogP) is 3.28. The molecular weight excluding hydrogens is 390 g/mol. The van der Waals surface area contributed by atoms with E-state index < -0.39 is 0 Å². The van der Waals surface area contributed by atoms with E-state index in [4.69, 9.17) is 0 Å². The second kappa shape index (κ2) is 8.34. The van der Waals surface area contributed by atoms with Crippen molar-refractivity contribution in [2.75, 3.05) is 25.0 Å². The Bertz CT molecular complexity index is 1260. The average molecular weight is 418 g/mol. The molecule has 0 saturated carbocycles. The van der Waals surface area contributed by atoms with Crippen molar-refractivity contribution >= 4 is 28.3 Å². The van der Waals surface area contributed by atoms with E-state index in [1.54, 1.807) is 17.8 Å². The van der Waals surface area contributed by atoms with E-state index in [-0.39, 0.29) is 11.5 Å². The van der Waals surface area contributed by atoms with Crippen molar-refractivity contribution in [3.05, 3.63) is 58.1 Å². The largest absolute Gasteiger partial charge is 0.350 e. The maximum absolute atomic E-state index is 13.1. The van der Waals surface area contributed by atoms with Crippen LogP contribution in [0.3, 0.4) is 0 Å². The summed E-state index contributed by atoms with van der Waals surface area (Å²) in [6, 6.07) is 9.42.